The Morgan fingerprint density at radius 2 is 1.92 bits per heavy atom. The number of nitrogens with one attached hydrogen (secondary N) is 2. The molecule has 0 amide bonds. The Morgan fingerprint density at radius 1 is 1.03 bits per heavy atom. The highest BCUT2D eigenvalue weighted by Crippen LogP contribution is 2.28. The first-order chi connectivity index (χ1) is 17.5. The van der Waals surface area contributed by atoms with Gasteiger partial charge in [-0.25, -0.2) is 19.9 Å². The first-order valence-electron chi connectivity index (χ1n) is 12.4. The predicted molar refractivity (Wildman–Crippen MR) is 152 cm³/mol. The molecule has 6 rings (SSSR count). The van der Waals surface area contributed by atoms with Gasteiger partial charge in [0.2, 0.25) is 0 Å². The number of piperazine rings is 1. The zero-order valence-electron chi connectivity index (χ0n) is 21.3. The van der Waals surface area contributed by atoms with Gasteiger partial charge in [-0.2, -0.15) is 0 Å². The number of nitrogens with zero attached hydrogens (tertiary/aromatic N) is 6. The van der Waals surface area contributed by atoms with Gasteiger partial charge in [-0.3, -0.25) is 0 Å². The summed E-state index contributed by atoms with van der Waals surface area (Å²) in [4.78, 5) is 20.5. The monoisotopic (exact) mass is 514 g/mol. The number of aromatic nitrogens is 5. The third-order valence-electron chi connectivity index (χ3n) is 6.99. The minimum Gasteiger partial charge on any atom is -0.354 e. The fraction of sp³-hybridized carbons (Fsp3) is 0.286. The SMILES string of the molecule is Cc1cc(Nc2ncnc3cnc(N4CCN[C@H](C)C4)cc23)ccc1Cc1ccc2c(c1)ncn2C.Cl. The number of fused-ring (bicyclic) bond motifs is 2. The Balaban J connectivity index is 0.00000280. The molecule has 0 radical (unpaired) electrons. The summed E-state index contributed by atoms with van der Waals surface area (Å²) in [7, 11) is 2.02. The molecule has 0 spiro atoms. The van der Waals surface area contributed by atoms with Crippen molar-refractivity contribution in [3.8, 4) is 0 Å². The highest BCUT2D eigenvalue weighted by atomic mass is 35.5. The van der Waals surface area contributed by atoms with Crippen LogP contribution in [0.4, 0.5) is 17.3 Å². The van der Waals surface area contributed by atoms with Crippen LogP contribution in [-0.4, -0.2) is 50.2 Å². The van der Waals surface area contributed by atoms with Crippen LogP contribution in [0.2, 0.25) is 0 Å². The van der Waals surface area contributed by atoms with Crippen LogP contribution in [-0.2, 0) is 13.5 Å². The van der Waals surface area contributed by atoms with Crippen molar-refractivity contribution in [2.45, 2.75) is 26.3 Å². The maximum absolute atomic E-state index is 4.67. The predicted octanol–water partition coefficient (Wildman–Crippen LogP) is 4.77. The summed E-state index contributed by atoms with van der Waals surface area (Å²) < 4.78 is 2.05. The third-order valence-corrected chi connectivity index (χ3v) is 6.99. The lowest BCUT2D eigenvalue weighted by Crippen LogP contribution is -2.49. The van der Waals surface area contributed by atoms with E-state index in [9.17, 15) is 0 Å². The standard InChI is InChI=1S/C28H30N8.ClH/c1-18-10-22(6-5-21(18)11-20-4-7-26-24(12-20)33-17-35(26)3)34-28-23-13-27(30-14-25(23)31-16-32-28)36-9-8-29-19(2)15-36;/h4-7,10,12-14,16-17,19,29H,8-9,11,15H2,1-3H3,(H,31,32,34);1H/t19-;/m1./s1. The molecule has 4 heterocycles. The average Bonchev–Trinajstić information content (AvgIpc) is 3.25. The zero-order valence-corrected chi connectivity index (χ0v) is 22.1. The second-order valence-electron chi connectivity index (χ2n) is 9.70. The number of aryl methyl sites for hydroxylation is 2. The first-order valence-corrected chi connectivity index (χ1v) is 12.4. The lowest BCUT2D eigenvalue weighted by atomic mass is 9.99. The van der Waals surface area contributed by atoms with Crippen LogP contribution >= 0.6 is 12.4 Å². The molecule has 37 heavy (non-hydrogen) atoms. The number of halogens is 1. The van der Waals surface area contributed by atoms with E-state index in [2.05, 4.69) is 91.8 Å². The molecule has 2 N–H and O–H groups in total. The van der Waals surface area contributed by atoms with Crippen LogP contribution in [0.3, 0.4) is 0 Å². The molecular formula is C28H31ClN8. The maximum Gasteiger partial charge on any atom is 0.141 e. The van der Waals surface area contributed by atoms with Crippen molar-refractivity contribution in [3.05, 3.63) is 78.0 Å². The van der Waals surface area contributed by atoms with Gasteiger partial charge in [0.05, 0.1) is 29.1 Å². The van der Waals surface area contributed by atoms with E-state index in [0.29, 0.717) is 6.04 Å². The van der Waals surface area contributed by atoms with Crippen LogP contribution in [0.1, 0.15) is 23.6 Å². The second kappa shape index (κ2) is 10.3. The molecule has 5 aromatic rings. The van der Waals surface area contributed by atoms with E-state index in [-0.39, 0.29) is 12.4 Å². The van der Waals surface area contributed by atoms with E-state index in [0.717, 1.165) is 65.3 Å². The van der Waals surface area contributed by atoms with Crippen LogP contribution in [0, 0.1) is 6.92 Å². The number of hydrogen-bond acceptors (Lipinski definition) is 7. The van der Waals surface area contributed by atoms with Gasteiger partial charge in [-0.05, 0) is 67.3 Å². The average molecular weight is 515 g/mol. The number of pyridine rings is 1. The molecule has 1 aliphatic rings. The molecule has 2 aromatic carbocycles. The lowest BCUT2D eigenvalue weighted by Gasteiger charge is -2.32. The van der Waals surface area contributed by atoms with Gasteiger partial charge in [0.15, 0.2) is 0 Å². The number of anilines is 3. The lowest BCUT2D eigenvalue weighted by molar-refractivity contribution is 0.482. The van der Waals surface area contributed by atoms with E-state index < -0.39 is 0 Å². The fourth-order valence-corrected chi connectivity index (χ4v) is 4.98. The van der Waals surface area contributed by atoms with Crippen molar-refractivity contribution < 1.29 is 0 Å². The van der Waals surface area contributed by atoms with Crippen molar-refractivity contribution in [2.24, 2.45) is 7.05 Å². The van der Waals surface area contributed by atoms with Crippen LogP contribution in [0.5, 0.6) is 0 Å². The van der Waals surface area contributed by atoms with E-state index in [1.54, 1.807) is 6.33 Å². The van der Waals surface area contributed by atoms with E-state index in [1.165, 1.54) is 16.7 Å². The number of rotatable bonds is 5. The van der Waals surface area contributed by atoms with E-state index in [4.69, 9.17) is 0 Å². The summed E-state index contributed by atoms with van der Waals surface area (Å²) in [6.45, 7) is 7.19. The maximum atomic E-state index is 4.67. The molecule has 0 aliphatic carbocycles. The van der Waals surface area contributed by atoms with Crippen LogP contribution in [0.15, 0.2) is 61.3 Å². The summed E-state index contributed by atoms with van der Waals surface area (Å²) in [5, 5.41) is 7.98. The zero-order chi connectivity index (χ0) is 24.6. The Hall–Kier alpha value is -3.75. The normalized spacial score (nSPS) is 15.6. The van der Waals surface area contributed by atoms with Gasteiger partial charge in [0.1, 0.15) is 18.0 Å². The minimum atomic E-state index is 0. The van der Waals surface area contributed by atoms with Gasteiger partial charge in [0, 0.05) is 43.8 Å². The molecule has 1 aliphatic heterocycles. The topological polar surface area (TPSA) is 83.8 Å². The Kier molecular flexibility index (Phi) is 6.95. The summed E-state index contributed by atoms with van der Waals surface area (Å²) >= 11 is 0. The van der Waals surface area contributed by atoms with Crippen molar-refractivity contribution in [1.82, 2.24) is 29.8 Å². The van der Waals surface area contributed by atoms with Crippen molar-refractivity contribution in [3.63, 3.8) is 0 Å². The van der Waals surface area contributed by atoms with E-state index in [1.807, 2.05) is 24.1 Å². The minimum absolute atomic E-state index is 0. The number of imidazole rings is 1. The molecule has 0 unspecified atom stereocenters. The van der Waals surface area contributed by atoms with Crippen molar-refractivity contribution in [2.75, 3.05) is 29.9 Å². The fourth-order valence-electron chi connectivity index (χ4n) is 4.98. The molecule has 0 bridgehead atoms. The molecule has 1 fully saturated rings. The van der Waals surface area contributed by atoms with Crippen LogP contribution < -0.4 is 15.5 Å². The smallest absolute Gasteiger partial charge is 0.141 e. The Labute approximate surface area is 222 Å². The highest BCUT2D eigenvalue weighted by molar-refractivity contribution is 5.92. The molecule has 9 heteroatoms. The summed E-state index contributed by atoms with van der Waals surface area (Å²) in [6.07, 6.45) is 6.17. The van der Waals surface area contributed by atoms with E-state index >= 15 is 0 Å². The largest absolute Gasteiger partial charge is 0.354 e. The van der Waals surface area contributed by atoms with Crippen LogP contribution in [0.25, 0.3) is 21.9 Å². The van der Waals surface area contributed by atoms with Gasteiger partial charge in [-0.1, -0.05) is 12.1 Å². The van der Waals surface area contributed by atoms with Gasteiger partial charge >= 0.3 is 0 Å². The molecule has 8 nitrogen and oxygen atoms in total. The number of hydrogen-bond donors (Lipinski definition) is 2. The summed E-state index contributed by atoms with van der Waals surface area (Å²) in [5.74, 6) is 1.75. The molecule has 3 aromatic heterocycles. The molecule has 190 valence electrons. The molecule has 0 saturated carbocycles. The summed E-state index contributed by atoms with van der Waals surface area (Å²) in [6, 6.07) is 15.6. The first kappa shape index (κ1) is 24.9. The van der Waals surface area contributed by atoms with Crippen molar-refractivity contribution in [1.29, 1.82) is 0 Å². The van der Waals surface area contributed by atoms with Gasteiger partial charge < -0.3 is 20.1 Å². The van der Waals surface area contributed by atoms with Gasteiger partial charge in [-0.15, -0.1) is 12.4 Å². The molecule has 1 atom stereocenters. The second-order valence-corrected chi connectivity index (χ2v) is 9.70. The number of benzene rings is 2. The quantitative estimate of drug-likeness (QED) is 0.349. The Morgan fingerprint density at radius 3 is 2.76 bits per heavy atom. The third kappa shape index (κ3) is 5.08. The molecule has 1 saturated heterocycles. The highest BCUT2D eigenvalue weighted by Gasteiger charge is 2.18. The van der Waals surface area contributed by atoms with Gasteiger partial charge in [0.25, 0.3) is 0 Å². The molecular weight excluding hydrogens is 484 g/mol. The Bertz CT molecular complexity index is 1560. The van der Waals surface area contributed by atoms with Crippen molar-refractivity contribution >= 4 is 51.7 Å². The summed E-state index contributed by atoms with van der Waals surface area (Å²) in [5.41, 5.74) is 7.80.